The SMILES string of the molecule is CNC1(c2nc(C(C)C)cs2)CCCC(C)(C)CC1. The fourth-order valence-electron chi connectivity index (χ4n) is 3.01. The van der Waals surface area contributed by atoms with E-state index in [0.29, 0.717) is 11.3 Å². The van der Waals surface area contributed by atoms with Crippen molar-refractivity contribution in [3.8, 4) is 0 Å². The molecule has 0 bridgehead atoms. The number of hydrogen-bond donors (Lipinski definition) is 1. The van der Waals surface area contributed by atoms with Crippen LogP contribution in [-0.2, 0) is 5.54 Å². The summed E-state index contributed by atoms with van der Waals surface area (Å²) in [4.78, 5) is 4.92. The molecule has 3 heteroatoms. The van der Waals surface area contributed by atoms with Gasteiger partial charge in [0.25, 0.3) is 0 Å². The van der Waals surface area contributed by atoms with Crippen LogP contribution in [0.2, 0.25) is 0 Å². The van der Waals surface area contributed by atoms with E-state index in [1.165, 1.54) is 42.8 Å². The normalized spacial score (nSPS) is 27.5. The molecule has 1 fully saturated rings. The van der Waals surface area contributed by atoms with Crippen LogP contribution in [0.3, 0.4) is 0 Å². The van der Waals surface area contributed by atoms with Gasteiger partial charge in [-0.1, -0.05) is 34.1 Å². The lowest BCUT2D eigenvalue weighted by molar-refractivity contribution is 0.276. The number of thiazole rings is 1. The fourth-order valence-corrected chi connectivity index (χ4v) is 4.26. The highest BCUT2D eigenvalue weighted by Crippen LogP contribution is 2.43. The van der Waals surface area contributed by atoms with Crippen LogP contribution in [0.25, 0.3) is 0 Å². The van der Waals surface area contributed by atoms with Crippen molar-refractivity contribution >= 4 is 11.3 Å². The van der Waals surface area contributed by atoms with Crippen molar-refractivity contribution in [3.05, 3.63) is 16.1 Å². The van der Waals surface area contributed by atoms with Crippen LogP contribution in [0.1, 0.15) is 76.4 Å². The van der Waals surface area contributed by atoms with Gasteiger partial charge in [0, 0.05) is 5.38 Å². The van der Waals surface area contributed by atoms with Gasteiger partial charge in [0.2, 0.25) is 0 Å². The molecule has 0 aliphatic heterocycles. The molecule has 1 aromatic rings. The lowest BCUT2D eigenvalue weighted by Gasteiger charge is -2.31. The molecule has 0 radical (unpaired) electrons. The van der Waals surface area contributed by atoms with E-state index in [-0.39, 0.29) is 5.54 Å². The topological polar surface area (TPSA) is 24.9 Å². The zero-order valence-electron chi connectivity index (χ0n) is 13.0. The molecule has 0 spiro atoms. The van der Waals surface area contributed by atoms with Crippen LogP contribution in [0.15, 0.2) is 5.38 Å². The second kappa shape index (κ2) is 5.53. The second-order valence-electron chi connectivity index (χ2n) is 7.08. The Morgan fingerprint density at radius 3 is 2.53 bits per heavy atom. The van der Waals surface area contributed by atoms with E-state index in [4.69, 9.17) is 4.98 Å². The van der Waals surface area contributed by atoms with Crippen LogP contribution >= 0.6 is 11.3 Å². The van der Waals surface area contributed by atoms with Crippen LogP contribution in [0.4, 0.5) is 0 Å². The zero-order valence-corrected chi connectivity index (χ0v) is 13.9. The van der Waals surface area contributed by atoms with Gasteiger partial charge in [0.15, 0.2) is 0 Å². The third kappa shape index (κ3) is 3.19. The lowest BCUT2D eigenvalue weighted by atomic mass is 9.83. The minimum atomic E-state index is 0.117. The minimum absolute atomic E-state index is 0.117. The molecular formula is C16H28N2S. The highest BCUT2D eigenvalue weighted by molar-refractivity contribution is 7.09. The summed E-state index contributed by atoms with van der Waals surface area (Å²) in [5.74, 6) is 0.529. The van der Waals surface area contributed by atoms with Crippen LogP contribution in [0.5, 0.6) is 0 Å². The van der Waals surface area contributed by atoms with Gasteiger partial charge in [-0.2, -0.15) is 0 Å². The zero-order chi connectivity index (χ0) is 14.1. The molecule has 0 amide bonds. The molecule has 1 saturated carbocycles. The fraction of sp³-hybridized carbons (Fsp3) is 0.812. The van der Waals surface area contributed by atoms with E-state index >= 15 is 0 Å². The number of nitrogens with one attached hydrogen (secondary N) is 1. The molecule has 1 aliphatic rings. The molecule has 2 nitrogen and oxygen atoms in total. The Balaban J connectivity index is 2.26. The third-order valence-electron chi connectivity index (χ3n) is 4.69. The van der Waals surface area contributed by atoms with Gasteiger partial charge in [-0.15, -0.1) is 11.3 Å². The molecule has 2 rings (SSSR count). The van der Waals surface area contributed by atoms with Crippen molar-refractivity contribution in [2.75, 3.05) is 7.05 Å². The van der Waals surface area contributed by atoms with Crippen LogP contribution in [-0.4, -0.2) is 12.0 Å². The molecule has 0 saturated heterocycles. The Morgan fingerprint density at radius 2 is 1.95 bits per heavy atom. The van der Waals surface area contributed by atoms with Crippen molar-refractivity contribution in [3.63, 3.8) is 0 Å². The van der Waals surface area contributed by atoms with Crippen LogP contribution < -0.4 is 5.32 Å². The molecule has 19 heavy (non-hydrogen) atoms. The molecule has 108 valence electrons. The smallest absolute Gasteiger partial charge is 0.113 e. The number of rotatable bonds is 3. The maximum atomic E-state index is 4.92. The van der Waals surface area contributed by atoms with Gasteiger partial charge in [-0.3, -0.25) is 0 Å². The van der Waals surface area contributed by atoms with Gasteiger partial charge < -0.3 is 5.32 Å². The quantitative estimate of drug-likeness (QED) is 0.814. The third-order valence-corrected chi connectivity index (χ3v) is 5.75. The maximum absolute atomic E-state index is 4.92. The first kappa shape index (κ1) is 15.0. The molecule has 1 unspecified atom stereocenters. The van der Waals surface area contributed by atoms with Gasteiger partial charge in [0.1, 0.15) is 5.01 Å². The van der Waals surface area contributed by atoms with Gasteiger partial charge in [0.05, 0.1) is 11.2 Å². The van der Waals surface area contributed by atoms with E-state index in [2.05, 4.69) is 45.4 Å². The predicted octanol–water partition coefficient (Wildman–Crippen LogP) is 4.67. The second-order valence-corrected chi connectivity index (χ2v) is 7.94. The molecule has 1 aromatic heterocycles. The van der Waals surface area contributed by atoms with Crippen molar-refractivity contribution in [2.24, 2.45) is 5.41 Å². The summed E-state index contributed by atoms with van der Waals surface area (Å²) >= 11 is 1.84. The standard InChI is InChI=1S/C16H28N2S/c1-12(2)13-11-19-14(18-13)16(17-5)8-6-7-15(3,4)9-10-16/h11-12,17H,6-10H2,1-5H3. The average molecular weight is 280 g/mol. The maximum Gasteiger partial charge on any atom is 0.113 e. The Kier molecular flexibility index (Phi) is 4.36. The van der Waals surface area contributed by atoms with E-state index in [1.807, 2.05) is 11.3 Å². The summed E-state index contributed by atoms with van der Waals surface area (Å²) in [5.41, 5.74) is 1.85. The molecule has 1 aliphatic carbocycles. The van der Waals surface area contributed by atoms with Crippen LogP contribution in [0, 0.1) is 5.41 Å². The summed E-state index contributed by atoms with van der Waals surface area (Å²) in [7, 11) is 2.11. The van der Waals surface area contributed by atoms with E-state index < -0.39 is 0 Å². The summed E-state index contributed by atoms with van der Waals surface area (Å²) in [6.07, 6.45) is 6.34. The van der Waals surface area contributed by atoms with Crippen molar-refractivity contribution in [2.45, 2.75) is 71.3 Å². The Hall–Kier alpha value is -0.410. The predicted molar refractivity (Wildman–Crippen MR) is 83.8 cm³/mol. The number of nitrogens with zero attached hydrogens (tertiary/aromatic N) is 1. The van der Waals surface area contributed by atoms with Crippen molar-refractivity contribution in [1.29, 1.82) is 0 Å². The highest BCUT2D eigenvalue weighted by atomic mass is 32.1. The number of hydrogen-bond acceptors (Lipinski definition) is 3. The highest BCUT2D eigenvalue weighted by Gasteiger charge is 2.38. The first-order valence-electron chi connectivity index (χ1n) is 7.53. The summed E-state index contributed by atoms with van der Waals surface area (Å²) < 4.78 is 0. The molecule has 0 aromatic carbocycles. The van der Waals surface area contributed by atoms with E-state index in [1.54, 1.807) is 0 Å². The lowest BCUT2D eigenvalue weighted by Crippen LogP contribution is -2.39. The monoisotopic (exact) mass is 280 g/mol. The summed E-state index contributed by atoms with van der Waals surface area (Å²) in [6, 6.07) is 0. The molecule has 1 atom stereocenters. The molecule has 1 heterocycles. The molecule has 1 N–H and O–H groups in total. The molecular weight excluding hydrogens is 252 g/mol. The van der Waals surface area contributed by atoms with Gasteiger partial charge >= 0.3 is 0 Å². The van der Waals surface area contributed by atoms with Crippen molar-refractivity contribution in [1.82, 2.24) is 10.3 Å². The summed E-state index contributed by atoms with van der Waals surface area (Å²) in [6.45, 7) is 9.25. The van der Waals surface area contributed by atoms with Gasteiger partial charge in [-0.05, 0) is 44.1 Å². The Labute approximate surface area is 122 Å². The largest absolute Gasteiger partial charge is 0.308 e. The van der Waals surface area contributed by atoms with E-state index in [0.717, 1.165) is 0 Å². The minimum Gasteiger partial charge on any atom is -0.308 e. The number of aromatic nitrogens is 1. The average Bonchev–Trinajstić information content (AvgIpc) is 2.78. The van der Waals surface area contributed by atoms with Crippen molar-refractivity contribution < 1.29 is 0 Å². The summed E-state index contributed by atoms with van der Waals surface area (Å²) in [5, 5.41) is 7.16. The van der Waals surface area contributed by atoms with E-state index in [9.17, 15) is 0 Å². The van der Waals surface area contributed by atoms with Gasteiger partial charge in [-0.25, -0.2) is 4.98 Å². The Morgan fingerprint density at radius 1 is 1.21 bits per heavy atom. The Bertz CT molecular complexity index is 422. The first-order valence-corrected chi connectivity index (χ1v) is 8.41. The first-order chi connectivity index (χ1) is 8.88.